The second-order valence-corrected chi connectivity index (χ2v) is 5.41. The highest BCUT2D eigenvalue weighted by Crippen LogP contribution is 2.18. The van der Waals surface area contributed by atoms with E-state index in [-0.39, 0.29) is 0 Å². The first kappa shape index (κ1) is 12.3. The zero-order valence-corrected chi connectivity index (χ0v) is 11.4. The number of aryl methyl sites for hydroxylation is 2. The molecular weight excluding hydrogens is 236 g/mol. The average molecular weight is 256 g/mol. The van der Waals surface area contributed by atoms with Crippen molar-refractivity contribution in [3.05, 3.63) is 36.0 Å². The number of carbonyl (C=O) groups is 1. The van der Waals surface area contributed by atoms with Crippen molar-refractivity contribution in [1.29, 1.82) is 0 Å². The predicted molar refractivity (Wildman–Crippen MR) is 77.1 cm³/mol. The van der Waals surface area contributed by atoms with Crippen molar-refractivity contribution in [2.45, 2.75) is 32.7 Å². The van der Waals surface area contributed by atoms with Crippen LogP contribution in [0.3, 0.4) is 0 Å². The number of amides is 1. The lowest BCUT2D eigenvalue weighted by molar-refractivity contribution is -0.130. The summed E-state index contributed by atoms with van der Waals surface area (Å²) >= 11 is 0. The van der Waals surface area contributed by atoms with E-state index in [9.17, 15) is 4.79 Å². The van der Waals surface area contributed by atoms with E-state index < -0.39 is 0 Å². The topological polar surface area (TPSA) is 25.2 Å². The minimum Gasteiger partial charge on any atom is -0.347 e. The Balaban J connectivity index is 1.69. The number of benzene rings is 1. The lowest BCUT2D eigenvalue weighted by atomic mass is 10.2. The lowest BCUT2D eigenvalue weighted by Crippen LogP contribution is -2.28. The van der Waals surface area contributed by atoms with Gasteiger partial charge < -0.3 is 9.47 Å². The highest BCUT2D eigenvalue weighted by atomic mass is 16.2. The van der Waals surface area contributed by atoms with Crippen LogP contribution in [0.2, 0.25) is 0 Å². The summed E-state index contributed by atoms with van der Waals surface area (Å²) < 4.78 is 2.18. The molecule has 1 aromatic carbocycles. The molecule has 1 amide bonds. The maximum Gasteiger partial charge on any atom is 0.224 e. The van der Waals surface area contributed by atoms with Crippen LogP contribution in [0.15, 0.2) is 30.5 Å². The summed E-state index contributed by atoms with van der Waals surface area (Å²) in [6.07, 6.45) is 5.02. The van der Waals surface area contributed by atoms with Crippen molar-refractivity contribution in [2.75, 3.05) is 13.1 Å². The molecule has 1 aliphatic rings. The Bertz CT molecular complexity index is 594. The molecule has 0 aliphatic carbocycles. The van der Waals surface area contributed by atoms with Crippen LogP contribution in [-0.2, 0) is 11.3 Å². The van der Waals surface area contributed by atoms with Gasteiger partial charge >= 0.3 is 0 Å². The van der Waals surface area contributed by atoms with Gasteiger partial charge in [-0.2, -0.15) is 0 Å². The Morgan fingerprint density at radius 3 is 2.79 bits per heavy atom. The number of likely N-dealkylation sites (tertiary alicyclic amines) is 1. The standard InChI is InChI=1S/C16H20N2O/c1-13-4-5-15-14(12-13)6-10-17(15)11-7-16(19)18-8-2-3-9-18/h4-6,10,12H,2-3,7-9,11H2,1H3. The highest BCUT2D eigenvalue weighted by molar-refractivity contribution is 5.81. The molecule has 2 heterocycles. The summed E-state index contributed by atoms with van der Waals surface area (Å²) in [5.74, 6) is 0.298. The zero-order chi connectivity index (χ0) is 13.2. The number of aromatic nitrogens is 1. The van der Waals surface area contributed by atoms with Gasteiger partial charge in [-0.15, -0.1) is 0 Å². The third kappa shape index (κ3) is 2.50. The van der Waals surface area contributed by atoms with Gasteiger partial charge in [-0.25, -0.2) is 0 Å². The first-order chi connectivity index (χ1) is 9.24. The molecule has 2 aromatic rings. The van der Waals surface area contributed by atoms with E-state index in [4.69, 9.17) is 0 Å². The predicted octanol–water partition coefficient (Wildman–Crippen LogP) is 2.96. The molecule has 0 atom stereocenters. The van der Waals surface area contributed by atoms with E-state index in [0.717, 1.165) is 32.5 Å². The van der Waals surface area contributed by atoms with E-state index >= 15 is 0 Å². The summed E-state index contributed by atoms with van der Waals surface area (Å²) in [5, 5.41) is 1.26. The number of carbonyl (C=O) groups excluding carboxylic acids is 1. The molecule has 19 heavy (non-hydrogen) atoms. The Morgan fingerprint density at radius 1 is 1.21 bits per heavy atom. The maximum atomic E-state index is 12.0. The van der Waals surface area contributed by atoms with Crippen molar-refractivity contribution in [1.82, 2.24) is 9.47 Å². The number of fused-ring (bicyclic) bond motifs is 1. The molecule has 3 heteroatoms. The molecule has 1 aliphatic heterocycles. The van der Waals surface area contributed by atoms with Crippen LogP contribution < -0.4 is 0 Å². The molecule has 0 spiro atoms. The third-order valence-electron chi connectivity index (χ3n) is 3.95. The number of rotatable bonds is 3. The second kappa shape index (κ2) is 5.08. The average Bonchev–Trinajstić information content (AvgIpc) is 3.05. The van der Waals surface area contributed by atoms with Crippen LogP contribution in [0.4, 0.5) is 0 Å². The highest BCUT2D eigenvalue weighted by Gasteiger charge is 2.17. The van der Waals surface area contributed by atoms with Gasteiger partial charge in [0.15, 0.2) is 0 Å². The first-order valence-corrected chi connectivity index (χ1v) is 7.07. The van der Waals surface area contributed by atoms with Crippen LogP contribution in [0.1, 0.15) is 24.8 Å². The minimum absolute atomic E-state index is 0.298. The molecule has 3 nitrogen and oxygen atoms in total. The SMILES string of the molecule is Cc1ccc2c(ccn2CCC(=O)N2CCCC2)c1. The molecular formula is C16H20N2O. The first-order valence-electron chi connectivity index (χ1n) is 7.07. The smallest absolute Gasteiger partial charge is 0.224 e. The van der Waals surface area contributed by atoms with E-state index in [1.807, 2.05) is 4.90 Å². The van der Waals surface area contributed by atoms with Gasteiger partial charge in [0, 0.05) is 37.8 Å². The lowest BCUT2D eigenvalue weighted by Gasteiger charge is -2.15. The maximum absolute atomic E-state index is 12.0. The molecule has 100 valence electrons. The molecule has 0 bridgehead atoms. The largest absolute Gasteiger partial charge is 0.347 e. The van der Waals surface area contributed by atoms with Gasteiger partial charge in [-0.05, 0) is 43.4 Å². The molecule has 0 N–H and O–H groups in total. The molecule has 0 saturated carbocycles. The quantitative estimate of drug-likeness (QED) is 0.829. The zero-order valence-electron chi connectivity index (χ0n) is 11.4. The van der Waals surface area contributed by atoms with E-state index in [1.165, 1.54) is 16.5 Å². The van der Waals surface area contributed by atoms with Crippen molar-refractivity contribution in [3.8, 4) is 0 Å². The minimum atomic E-state index is 0.298. The van der Waals surface area contributed by atoms with Gasteiger partial charge in [0.1, 0.15) is 0 Å². The second-order valence-electron chi connectivity index (χ2n) is 5.41. The van der Waals surface area contributed by atoms with Gasteiger partial charge in [-0.3, -0.25) is 4.79 Å². The Morgan fingerprint density at radius 2 is 2.00 bits per heavy atom. The van der Waals surface area contributed by atoms with E-state index in [2.05, 4.69) is 42.0 Å². The number of nitrogens with zero attached hydrogens (tertiary/aromatic N) is 2. The van der Waals surface area contributed by atoms with Crippen molar-refractivity contribution >= 4 is 16.8 Å². The monoisotopic (exact) mass is 256 g/mol. The van der Waals surface area contributed by atoms with Crippen molar-refractivity contribution < 1.29 is 4.79 Å². The van der Waals surface area contributed by atoms with Crippen LogP contribution >= 0.6 is 0 Å². The van der Waals surface area contributed by atoms with Gasteiger partial charge in [0.05, 0.1) is 0 Å². The van der Waals surface area contributed by atoms with Crippen molar-refractivity contribution in [2.24, 2.45) is 0 Å². The van der Waals surface area contributed by atoms with E-state index in [0.29, 0.717) is 12.3 Å². The Labute approximate surface area is 113 Å². The molecule has 0 radical (unpaired) electrons. The van der Waals surface area contributed by atoms with Crippen LogP contribution in [0, 0.1) is 6.92 Å². The molecule has 1 aromatic heterocycles. The summed E-state index contributed by atoms with van der Waals surface area (Å²) in [6.45, 7) is 4.78. The number of hydrogen-bond donors (Lipinski definition) is 0. The van der Waals surface area contributed by atoms with Gasteiger partial charge in [0.25, 0.3) is 0 Å². The van der Waals surface area contributed by atoms with Crippen LogP contribution in [0.25, 0.3) is 10.9 Å². The van der Waals surface area contributed by atoms with Gasteiger partial charge in [0.2, 0.25) is 5.91 Å². The molecule has 3 rings (SSSR count). The molecule has 1 saturated heterocycles. The Hall–Kier alpha value is -1.77. The van der Waals surface area contributed by atoms with Crippen molar-refractivity contribution in [3.63, 3.8) is 0 Å². The van der Waals surface area contributed by atoms with E-state index in [1.54, 1.807) is 0 Å². The normalized spacial score (nSPS) is 15.3. The Kier molecular flexibility index (Phi) is 3.28. The summed E-state index contributed by atoms with van der Waals surface area (Å²) in [6, 6.07) is 8.59. The fourth-order valence-electron chi connectivity index (χ4n) is 2.86. The summed E-state index contributed by atoms with van der Waals surface area (Å²) in [4.78, 5) is 14.0. The fourth-order valence-corrected chi connectivity index (χ4v) is 2.86. The molecule has 0 unspecified atom stereocenters. The fraction of sp³-hybridized carbons (Fsp3) is 0.438. The summed E-state index contributed by atoms with van der Waals surface area (Å²) in [7, 11) is 0. The van der Waals surface area contributed by atoms with Crippen LogP contribution in [0.5, 0.6) is 0 Å². The number of hydrogen-bond acceptors (Lipinski definition) is 1. The van der Waals surface area contributed by atoms with Crippen LogP contribution in [-0.4, -0.2) is 28.5 Å². The third-order valence-corrected chi connectivity index (χ3v) is 3.95. The summed E-state index contributed by atoms with van der Waals surface area (Å²) in [5.41, 5.74) is 2.50. The molecule has 1 fully saturated rings. The van der Waals surface area contributed by atoms with Gasteiger partial charge in [-0.1, -0.05) is 11.6 Å².